The Morgan fingerprint density at radius 2 is 1.05 bits per heavy atom. The van der Waals surface area contributed by atoms with E-state index in [4.69, 9.17) is 4.98 Å². The van der Waals surface area contributed by atoms with Crippen molar-refractivity contribution in [1.82, 2.24) is 9.55 Å². The Labute approximate surface area is 323 Å². The second kappa shape index (κ2) is 13.8. The largest absolute Gasteiger partial charge is 0.311 e. The highest BCUT2D eigenvalue weighted by molar-refractivity contribution is 6.25. The van der Waals surface area contributed by atoms with Crippen molar-refractivity contribution in [2.75, 3.05) is 4.90 Å². The van der Waals surface area contributed by atoms with Crippen LogP contribution in [-0.4, -0.2) is 9.55 Å². The molecule has 0 aliphatic rings. The van der Waals surface area contributed by atoms with E-state index in [-0.39, 0.29) is 0 Å². The molecule has 0 fully saturated rings. The van der Waals surface area contributed by atoms with Crippen LogP contribution in [0.2, 0.25) is 0 Å². The average Bonchev–Trinajstić information content (AvgIpc) is 3.58. The number of hydrogen-bond acceptors (Lipinski definition) is 2. The number of para-hydroxylation sites is 2. The molecule has 10 rings (SSSR count). The fourth-order valence-corrected chi connectivity index (χ4v) is 7.85. The van der Waals surface area contributed by atoms with E-state index in [0.717, 1.165) is 89.2 Å². The number of hydrogen-bond donors (Lipinski definition) is 0. The molecule has 3 nitrogen and oxygen atoms in total. The quantitative estimate of drug-likeness (QED) is 0.145. The average molecular weight is 726 g/mol. The minimum Gasteiger partial charge on any atom is -0.311 e. The molecule has 0 saturated carbocycles. The molecule has 56 heavy (non-hydrogen) atoms. The fourth-order valence-electron chi connectivity index (χ4n) is 7.85. The van der Waals surface area contributed by atoms with Crippen molar-refractivity contribution in [3.05, 3.63) is 211 Å². The van der Waals surface area contributed by atoms with E-state index < -0.39 is 11.6 Å². The molecule has 2 heterocycles. The van der Waals surface area contributed by atoms with E-state index in [1.165, 1.54) is 12.1 Å². The van der Waals surface area contributed by atoms with Gasteiger partial charge < -0.3 is 9.47 Å². The van der Waals surface area contributed by atoms with Crippen LogP contribution >= 0.6 is 0 Å². The van der Waals surface area contributed by atoms with Gasteiger partial charge in [-0.1, -0.05) is 109 Å². The SMILES string of the molecule is Fc1cc(F)cc(-n2c3cccc4ccc5cc(-c6ccc(C=Cc7ccc(-c8ccc(N(c9ccccc9)c9ccccc9)cc8)cn7)cc6)cc2c5c43)c1. The molecule has 0 atom stereocenters. The lowest BCUT2D eigenvalue weighted by molar-refractivity contribution is 0.582. The number of benzene rings is 8. The molecule has 5 heteroatoms. The maximum absolute atomic E-state index is 14.5. The van der Waals surface area contributed by atoms with Crippen LogP contribution in [-0.2, 0) is 0 Å². The normalized spacial score (nSPS) is 11.7. The lowest BCUT2D eigenvalue weighted by Gasteiger charge is -2.25. The Hall–Kier alpha value is -7.37. The van der Waals surface area contributed by atoms with E-state index in [2.05, 4.69) is 144 Å². The van der Waals surface area contributed by atoms with E-state index in [1.807, 2.05) is 47.2 Å². The van der Waals surface area contributed by atoms with Gasteiger partial charge in [-0.05, 0) is 112 Å². The van der Waals surface area contributed by atoms with Crippen molar-refractivity contribution in [2.45, 2.75) is 0 Å². The van der Waals surface area contributed by atoms with Gasteiger partial charge in [-0.15, -0.1) is 0 Å². The summed E-state index contributed by atoms with van der Waals surface area (Å²) in [7, 11) is 0. The third kappa shape index (κ3) is 6.05. The van der Waals surface area contributed by atoms with Gasteiger partial charge >= 0.3 is 0 Å². The molecule has 0 spiro atoms. The standard InChI is InChI=1S/C51H33F2N3/c52-41-30-42(53)32-47(31-41)56-48-13-7-8-37-19-20-38-28-40(29-49(56)51(38)50(37)48)36-17-14-34(15-18-36)16-24-43-25-21-39(33-54-43)35-22-26-46(27-23-35)55(44-9-3-1-4-10-44)45-11-5-2-6-12-45/h1-33H. The van der Waals surface area contributed by atoms with Gasteiger partial charge in [-0.25, -0.2) is 8.78 Å². The van der Waals surface area contributed by atoms with Crippen LogP contribution in [0.1, 0.15) is 11.3 Å². The molecule has 8 aromatic carbocycles. The third-order valence-electron chi connectivity index (χ3n) is 10.5. The maximum atomic E-state index is 14.5. The smallest absolute Gasteiger partial charge is 0.128 e. The summed E-state index contributed by atoms with van der Waals surface area (Å²) in [6.07, 6.45) is 6.01. The van der Waals surface area contributed by atoms with Crippen molar-refractivity contribution in [3.8, 4) is 27.9 Å². The molecule has 266 valence electrons. The van der Waals surface area contributed by atoms with Gasteiger partial charge in [0.15, 0.2) is 0 Å². The first-order valence-electron chi connectivity index (χ1n) is 18.6. The lowest BCUT2D eigenvalue weighted by atomic mass is 9.97. The van der Waals surface area contributed by atoms with E-state index in [0.29, 0.717) is 5.69 Å². The van der Waals surface area contributed by atoms with Crippen LogP contribution in [0.25, 0.3) is 72.7 Å². The highest BCUT2D eigenvalue weighted by Crippen LogP contribution is 2.41. The van der Waals surface area contributed by atoms with Gasteiger partial charge in [-0.3, -0.25) is 4.98 Å². The molecule has 0 aliphatic heterocycles. The lowest BCUT2D eigenvalue weighted by Crippen LogP contribution is -2.09. The Morgan fingerprint density at radius 1 is 0.446 bits per heavy atom. The first kappa shape index (κ1) is 33.2. The highest BCUT2D eigenvalue weighted by atomic mass is 19.1. The summed E-state index contributed by atoms with van der Waals surface area (Å²) in [6.45, 7) is 0. The summed E-state index contributed by atoms with van der Waals surface area (Å²) in [5.74, 6) is -1.21. The zero-order valence-electron chi connectivity index (χ0n) is 30.2. The van der Waals surface area contributed by atoms with Crippen molar-refractivity contribution in [1.29, 1.82) is 0 Å². The van der Waals surface area contributed by atoms with Gasteiger partial charge in [0.1, 0.15) is 11.6 Å². The van der Waals surface area contributed by atoms with Crippen molar-refractivity contribution >= 4 is 61.8 Å². The first-order valence-corrected chi connectivity index (χ1v) is 18.6. The second-order valence-electron chi connectivity index (χ2n) is 14.0. The summed E-state index contributed by atoms with van der Waals surface area (Å²) in [5, 5.41) is 4.34. The molecular formula is C51H33F2N3. The molecule has 2 aromatic heterocycles. The topological polar surface area (TPSA) is 21.1 Å². The van der Waals surface area contributed by atoms with Gasteiger partial charge in [0.2, 0.25) is 0 Å². The van der Waals surface area contributed by atoms with Crippen LogP contribution in [0.4, 0.5) is 25.8 Å². The van der Waals surface area contributed by atoms with E-state index in [9.17, 15) is 8.78 Å². The Bertz CT molecular complexity index is 2950. The summed E-state index contributed by atoms with van der Waals surface area (Å²) < 4.78 is 30.9. The predicted molar refractivity (Wildman–Crippen MR) is 228 cm³/mol. The molecule has 0 N–H and O–H groups in total. The van der Waals surface area contributed by atoms with Crippen molar-refractivity contribution in [3.63, 3.8) is 0 Å². The second-order valence-corrected chi connectivity index (χ2v) is 14.0. The molecule has 0 unspecified atom stereocenters. The summed E-state index contributed by atoms with van der Waals surface area (Å²) in [6, 6.07) is 60.2. The van der Waals surface area contributed by atoms with Gasteiger partial charge in [0.25, 0.3) is 0 Å². The Balaban J connectivity index is 0.899. The maximum Gasteiger partial charge on any atom is 0.128 e. The molecule has 0 saturated heterocycles. The van der Waals surface area contributed by atoms with Crippen LogP contribution < -0.4 is 4.90 Å². The molecule has 0 amide bonds. The van der Waals surface area contributed by atoms with Crippen LogP contribution in [0.15, 0.2) is 188 Å². The van der Waals surface area contributed by atoms with Crippen molar-refractivity contribution < 1.29 is 8.78 Å². The zero-order chi connectivity index (χ0) is 37.6. The Kier molecular flexibility index (Phi) is 8.19. The summed E-state index contributed by atoms with van der Waals surface area (Å²) in [4.78, 5) is 7.00. The number of rotatable bonds is 8. The number of halogens is 2. The number of nitrogens with zero attached hydrogens (tertiary/aromatic N) is 3. The van der Waals surface area contributed by atoms with E-state index >= 15 is 0 Å². The van der Waals surface area contributed by atoms with Gasteiger partial charge in [-0.2, -0.15) is 0 Å². The van der Waals surface area contributed by atoms with E-state index in [1.54, 1.807) is 0 Å². The molecule has 0 radical (unpaired) electrons. The Morgan fingerprint density at radius 3 is 1.73 bits per heavy atom. The number of anilines is 3. The summed E-state index contributed by atoms with van der Waals surface area (Å²) >= 11 is 0. The van der Waals surface area contributed by atoms with Crippen molar-refractivity contribution in [2.24, 2.45) is 0 Å². The minimum atomic E-state index is -0.606. The molecule has 0 aliphatic carbocycles. The first-order chi connectivity index (χ1) is 27.6. The van der Waals surface area contributed by atoms with Gasteiger partial charge in [0.05, 0.1) is 22.4 Å². The zero-order valence-corrected chi connectivity index (χ0v) is 30.2. The third-order valence-corrected chi connectivity index (χ3v) is 10.5. The van der Waals surface area contributed by atoms with Crippen LogP contribution in [0.3, 0.4) is 0 Å². The van der Waals surface area contributed by atoms with Crippen LogP contribution in [0, 0.1) is 11.6 Å². The molecule has 10 aromatic rings. The molecule has 0 bridgehead atoms. The monoisotopic (exact) mass is 725 g/mol. The highest BCUT2D eigenvalue weighted by Gasteiger charge is 2.19. The number of pyridine rings is 1. The predicted octanol–water partition coefficient (Wildman–Crippen LogP) is 14.0. The fraction of sp³-hybridized carbons (Fsp3) is 0. The number of aromatic nitrogens is 2. The van der Waals surface area contributed by atoms with Crippen LogP contribution in [0.5, 0.6) is 0 Å². The van der Waals surface area contributed by atoms with Gasteiger partial charge in [0, 0.05) is 45.7 Å². The minimum absolute atomic E-state index is 0.457. The summed E-state index contributed by atoms with van der Waals surface area (Å²) in [5.41, 5.74) is 11.7. The molecular weight excluding hydrogens is 693 g/mol.